The van der Waals surface area contributed by atoms with Crippen molar-refractivity contribution < 1.29 is 33.7 Å². The van der Waals surface area contributed by atoms with Crippen molar-refractivity contribution >= 4 is 23.8 Å². The van der Waals surface area contributed by atoms with Crippen LogP contribution in [0.25, 0.3) is 6.08 Å². The molecule has 1 N–H and O–H groups in total. The normalized spacial score (nSPS) is 10.8. The molecule has 0 fully saturated rings. The van der Waals surface area contributed by atoms with E-state index in [2.05, 4.69) is 0 Å². The van der Waals surface area contributed by atoms with Crippen LogP contribution in [0.2, 0.25) is 0 Å². The fraction of sp³-hybridized carbons (Fsp3) is 0.312. The molecule has 0 spiro atoms. The summed E-state index contributed by atoms with van der Waals surface area (Å²) >= 11 is 0. The van der Waals surface area contributed by atoms with E-state index >= 15 is 0 Å². The summed E-state index contributed by atoms with van der Waals surface area (Å²) in [4.78, 5) is 33.9. The van der Waals surface area contributed by atoms with Gasteiger partial charge in [-0.15, -0.1) is 0 Å². The summed E-state index contributed by atoms with van der Waals surface area (Å²) in [6.45, 7) is 2.71. The van der Waals surface area contributed by atoms with Gasteiger partial charge >= 0.3 is 11.9 Å². The van der Waals surface area contributed by atoms with Crippen LogP contribution in [0.15, 0.2) is 23.8 Å². The van der Waals surface area contributed by atoms with Crippen molar-refractivity contribution in [2.75, 3.05) is 20.3 Å². The first kappa shape index (κ1) is 18.2. The Hall–Kier alpha value is -2.83. The summed E-state index contributed by atoms with van der Waals surface area (Å²) in [5.74, 6) is -1.83. The van der Waals surface area contributed by atoms with E-state index in [1.807, 2.05) is 0 Å². The van der Waals surface area contributed by atoms with Crippen LogP contribution in [0.4, 0.5) is 0 Å². The largest absolute Gasteiger partial charge is 0.497 e. The molecule has 7 nitrogen and oxygen atoms in total. The Labute approximate surface area is 133 Å². The minimum atomic E-state index is -1.34. The summed E-state index contributed by atoms with van der Waals surface area (Å²) in [6.07, 6.45) is 1.19. The second-order valence-electron chi connectivity index (χ2n) is 4.42. The van der Waals surface area contributed by atoms with Crippen molar-refractivity contribution in [1.29, 1.82) is 0 Å². The van der Waals surface area contributed by atoms with Gasteiger partial charge < -0.3 is 19.3 Å². The van der Waals surface area contributed by atoms with E-state index in [-0.39, 0.29) is 19.0 Å². The molecule has 0 unspecified atom stereocenters. The standard InChI is InChI=1S/C16H18O7/c1-4-22-15(18)9-23-14-8-12(21-3)6-5-11(14)7-13(10(2)17)16(19)20/h5-8H,4,9H2,1-3H3,(H,19,20). The number of hydrogen-bond acceptors (Lipinski definition) is 6. The molecule has 1 rings (SSSR count). The zero-order valence-corrected chi connectivity index (χ0v) is 13.1. The van der Waals surface area contributed by atoms with Crippen molar-refractivity contribution in [3.8, 4) is 11.5 Å². The van der Waals surface area contributed by atoms with Gasteiger partial charge in [-0.05, 0) is 32.1 Å². The number of aliphatic carboxylic acids is 1. The zero-order chi connectivity index (χ0) is 17.4. The molecular formula is C16H18O7. The van der Waals surface area contributed by atoms with E-state index in [9.17, 15) is 14.4 Å². The Morgan fingerprint density at radius 1 is 1.26 bits per heavy atom. The number of esters is 1. The van der Waals surface area contributed by atoms with Gasteiger partial charge in [0.15, 0.2) is 12.4 Å². The smallest absolute Gasteiger partial charge is 0.344 e. The lowest BCUT2D eigenvalue weighted by Crippen LogP contribution is -2.15. The monoisotopic (exact) mass is 322 g/mol. The van der Waals surface area contributed by atoms with E-state index in [0.29, 0.717) is 11.3 Å². The number of ketones is 1. The first-order valence-corrected chi connectivity index (χ1v) is 6.81. The van der Waals surface area contributed by atoms with Crippen molar-refractivity contribution in [2.45, 2.75) is 13.8 Å². The lowest BCUT2D eigenvalue weighted by Gasteiger charge is -2.11. The van der Waals surface area contributed by atoms with Crippen LogP contribution >= 0.6 is 0 Å². The van der Waals surface area contributed by atoms with Gasteiger partial charge in [-0.25, -0.2) is 9.59 Å². The van der Waals surface area contributed by atoms with E-state index in [1.165, 1.54) is 25.3 Å². The Bertz CT molecular complexity index is 615. The molecule has 1 aromatic carbocycles. The second kappa shape index (κ2) is 8.57. The van der Waals surface area contributed by atoms with E-state index < -0.39 is 23.3 Å². The Balaban J connectivity index is 3.15. The van der Waals surface area contributed by atoms with Gasteiger partial charge in [0.1, 0.15) is 17.1 Å². The van der Waals surface area contributed by atoms with E-state index in [0.717, 1.165) is 6.92 Å². The van der Waals surface area contributed by atoms with E-state index in [4.69, 9.17) is 19.3 Å². The highest BCUT2D eigenvalue weighted by molar-refractivity contribution is 6.19. The zero-order valence-electron chi connectivity index (χ0n) is 13.1. The number of benzene rings is 1. The maximum Gasteiger partial charge on any atom is 0.344 e. The highest BCUT2D eigenvalue weighted by Gasteiger charge is 2.15. The summed E-state index contributed by atoms with van der Waals surface area (Å²) in [5.41, 5.74) is -0.0566. The molecule has 0 aliphatic rings. The molecule has 0 aliphatic carbocycles. The maximum absolute atomic E-state index is 11.4. The van der Waals surface area contributed by atoms with Crippen LogP contribution in [0.3, 0.4) is 0 Å². The molecule has 0 amide bonds. The molecule has 23 heavy (non-hydrogen) atoms. The number of carboxylic acid groups (broad SMARTS) is 1. The van der Waals surface area contributed by atoms with Gasteiger partial charge in [0.25, 0.3) is 0 Å². The van der Waals surface area contributed by atoms with Crippen LogP contribution in [0, 0.1) is 0 Å². The molecular weight excluding hydrogens is 304 g/mol. The van der Waals surface area contributed by atoms with Crippen LogP contribution in [-0.4, -0.2) is 43.2 Å². The van der Waals surface area contributed by atoms with E-state index in [1.54, 1.807) is 13.0 Å². The van der Waals surface area contributed by atoms with Gasteiger partial charge in [-0.1, -0.05) is 0 Å². The molecule has 124 valence electrons. The minimum absolute atomic E-state index is 0.206. The highest BCUT2D eigenvalue weighted by Crippen LogP contribution is 2.27. The molecule has 7 heteroatoms. The van der Waals surface area contributed by atoms with Gasteiger partial charge in [-0.3, -0.25) is 4.79 Å². The highest BCUT2D eigenvalue weighted by atomic mass is 16.6. The Morgan fingerprint density at radius 2 is 1.96 bits per heavy atom. The third kappa shape index (κ3) is 5.46. The fourth-order valence-corrected chi connectivity index (χ4v) is 1.69. The molecule has 1 aromatic rings. The second-order valence-corrected chi connectivity index (χ2v) is 4.42. The van der Waals surface area contributed by atoms with Crippen LogP contribution in [0.5, 0.6) is 11.5 Å². The predicted molar refractivity (Wildman–Crippen MR) is 81.4 cm³/mol. The molecule has 0 radical (unpaired) electrons. The average molecular weight is 322 g/mol. The van der Waals surface area contributed by atoms with Crippen molar-refractivity contribution in [2.24, 2.45) is 0 Å². The Morgan fingerprint density at radius 3 is 2.48 bits per heavy atom. The number of methoxy groups -OCH3 is 1. The van der Waals surface area contributed by atoms with Crippen LogP contribution in [0.1, 0.15) is 19.4 Å². The third-order valence-electron chi connectivity index (χ3n) is 2.78. The lowest BCUT2D eigenvalue weighted by atomic mass is 10.1. The number of rotatable bonds is 8. The molecule has 0 aromatic heterocycles. The summed E-state index contributed by atoms with van der Waals surface area (Å²) in [7, 11) is 1.46. The number of hydrogen-bond donors (Lipinski definition) is 1. The SMILES string of the molecule is CCOC(=O)COc1cc(OC)ccc1C=C(C(C)=O)C(=O)O. The molecule has 0 heterocycles. The van der Waals surface area contributed by atoms with Crippen molar-refractivity contribution in [1.82, 2.24) is 0 Å². The topological polar surface area (TPSA) is 99.1 Å². The number of carbonyl (C=O) groups is 3. The van der Waals surface area contributed by atoms with Crippen molar-refractivity contribution in [3.05, 3.63) is 29.3 Å². The quantitative estimate of drug-likeness (QED) is 0.336. The molecule has 0 atom stereocenters. The third-order valence-corrected chi connectivity index (χ3v) is 2.78. The van der Waals surface area contributed by atoms with Crippen molar-refractivity contribution in [3.63, 3.8) is 0 Å². The molecule has 0 bridgehead atoms. The summed E-state index contributed by atoms with van der Waals surface area (Å²) in [5, 5.41) is 9.06. The Kier molecular flexibility index (Phi) is 6.79. The molecule has 0 aliphatic heterocycles. The number of ether oxygens (including phenoxy) is 3. The maximum atomic E-state index is 11.4. The first-order valence-electron chi connectivity index (χ1n) is 6.81. The summed E-state index contributed by atoms with van der Waals surface area (Å²) in [6, 6.07) is 4.61. The fourth-order valence-electron chi connectivity index (χ4n) is 1.69. The molecule has 0 saturated carbocycles. The number of Topliss-reactive ketones (excluding diaryl/α,β-unsaturated/α-hetero) is 1. The summed E-state index contributed by atoms with van der Waals surface area (Å²) < 4.78 is 15.2. The number of carbonyl (C=O) groups excluding carboxylic acids is 2. The number of carboxylic acids is 1. The minimum Gasteiger partial charge on any atom is -0.497 e. The van der Waals surface area contributed by atoms with Gasteiger partial charge in [-0.2, -0.15) is 0 Å². The van der Waals surface area contributed by atoms with Gasteiger partial charge in [0.2, 0.25) is 0 Å². The van der Waals surface area contributed by atoms with Crippen LogP contribution < -0.4 is 9.47 Å². The average Bonchev–Trinajstić information content (AvgIpc) is 2.50. The van der Waals surface area contributed by atoms with Crippen LogP contribution in [-0.2, 0) is 19.1 Å². The molecule has 0 saturated heterocycles. The predicted octanol–water partition coefficient (Wildman–Crippen LogP) is 1.69. The van der Waals surface area contributed by atoms with Gasteiger partial charge in [0.05, 0.1) is 13.7 Å². The first-order chi connectivity index (χ1) is 10.9. The van der Waals surface area contributed by atoms with Gasteiger partial charge in [0, 0.05) is 11.6 Å². The lowest BCUT2D eigenvalue weighted by molar-refractivity contribution is -0.145.